The number of likely N-dealkylation sites (N-methyl/N-ethyl adjacent to an activating group) is 1. The Labute approximate surface area is 264 Å². The zero-order valence-corrected chi connectivity index (χ0v) is 25.7. The van der Waals surface area contributed by atoms with Crippen molar-refractivity contribution in [3.05, 3.63) is 107 Å². The summed E-state index contributed by atoms with van der Waals surface area (Å²) in [6, 6.07) is 14.7. The number of hydrogen-bond donors (Lipinski definition) is 2. The molecule has 0 atom stereocenters. The highest BCUT2D eigenvalue weighted by Crippen LogP contribution is 2.35. The minimum Gasteiger partial charge on any atom is -0.336 e. The Morgan fingerprint density at radius 2 is 1.78 bits per heavy atom. The normalized spacial score (nSPS) is 14.2. The van der Waals surface area contributed by atoms with Crippen LogP contribution in [0, 0.1) is 18.8 Å². The molecule has 12 heteroatoms. The van der Waals surface area contributed by atoms with E-state index >= 15 is 0 Å². The van der Waals surface area contributed by atoms with Crippen LogP contribution in [0.2, 0.25) is 0 Å². The van der Waals surface area contributed by atoms with Gasteiger partial charge in [0.1, 0.15) is 5.69 Å². The van der Waals surface area contributed by atoms with Gasteiger partial charge in [0.05, 0.1) is 17.4 Å². The largest absolute Gasteiger partial charge is 0.416 e. The summed E-state index contributed by atoms with van der Waals surface area (Å²) in [5, 5.41) is 10.3. The fraction of sp³-hybridized carbons (Fsp3) is 0.265. The molecular weight excluding hydrogens is 593 g/mol. The van der Waals surface area contributed by atoms with E-state index in [1.54, 1.807) is 29.1 Å². The summed E-state index contributed by atoms with van der Waals surface area (Å²) >= 11 is 0. The highest BCUT2D eigenvalue weighted by Gasteiger charge is 2.34. The minimum atomic E-state index is -4.55. The van der Waals surface area contributed by atoms with Gasteiger partial charge in [-0.3, -0.25) is 18.8 Å². The van der Waals surface area contributed by atoms with Crippen molar-refractivity contribution in [2.24, 2.45) is 7.05 Å². The number of nitrogens with zero attached hydrogens (tertiary/aromatic N) is 6. The molecule has 0 saturated carbocycles. The van der Waals surface area contributed by atoms with E-state index in [9.17, 15) is 18.0 Å². The number of piperazine rings is 1. The second-order valence-electron chi connectivity index (χ2n) is 11.4. The first-order valence-electron chi connectivity index (χ1n) is 14.8. The maximum Gasteiger partial charge on any atom is 0.416 e. The van der Waals surface area contributed by atoms with Crippen molar-refractivity contribution in [1.29, 1.82) is 0 Å². The summed E-state index contributed by atoms with van der Waals surface area (Å²) in [4.78, 5) is 21.9. The molecule has 46 heavy (non-hydrogen) atoms. The molecule has 9 nitrogen and oxygen atoms in total. The van der Waals surface area contributed by atoms with E-state index in [0.717, 1.165) is 30.4 Å². The van der Waals surface area contributed by atoms with Gasteiger partial charge in [-0.15, -0.1) is 0 Å². The molecule has 4 heterocycles. The quantitative estimate of drug-likeness (QED) is 0.241. The molecule has 6 rings (SSSR count). The van der Waals surface area contributed by atoms with Crippen LogP contribution in [-0.4, -0.2) is 68.1 Å². The lowest BCUT2D eigenvalue weighted by molar-refractivity contribution is -0.138. The van der Waals surface area contributed by atoms with Crippen molar-refractivity contribution in [3.63, 3.8) is 0 Å². The number of nitrogens with one attached hydrogen (secondary N) is 2. The molecule has 2 N–H and O–H groups in total. The fourth-order valence-electron chi connectivity index (χ4n) is 5.36. The van der Waals surface area contributed by atoms with E-state index in [1.807, 2.05) is 60.9 Å². The number of hydrogen-bond acceptors (Lipinski definition) is 6. The van der Waals surface area contributed by atoms with Crippen LogP contribution in [0.4, 0.5) is 30.4 Å². The molecule has 0 spiro atoms. The van der Waals surface area contributed by atoms with Crippen molar-refractivity contribution in [2.45, 2.75) is 19.6 Å². The Hall–Kier alpha value is -5.12. The number of alkyl halides is 3. The number of pyridine rings is 1. The number of aromatic nitrogens is 4. The maximum atomic E-state index is 14.1. The molecule has 1 amide bonds. The molecule has 1 aliphatic rings. The Bertz CT molecular complexity index is 1960. The molecule has 2 aromatic carbocycles. The average molecular weight is 627 g/mol. The van der Waals surface area contributed by atoms with Crippen LogP contribution in [0.15, 0.2) is 73.2 Å². The van der Waals surface area contributed by atoms with Gasteiger partial charge in [-0.25, -0.2) is 4.98 Å². The lowest BCUT2D eigenvalue weighted by atomic mass is 10.0. The number of fused-ring (bicyclic) bond motifs is 1. The third-order valence-corrected chi connectivity index (χ3v) is 8.00. The second kappa shape index (κ2) is 12.7. The Balaban J connectivity index is 1.20. The van der Waals surface area contributed by atoms with Crippen LogP contribution < -0.4 is 10.6 Å². The van der Waals surface area contributed by atoms with Gasteiger partial charge in [0, 0.05) is 75.0 Å². The van der Waals surface area contributed by atoms with Crippen molar-refractivity contribution < 1.29 is 18.0 Å². The zero-order valence-electron chi connectivity index (χ0n) is 25.7. The van der Waals surface area contributed by atoms with Gasteiger partial charge in [0.2, 0.25) is 0 Å². The summed E-state index contributed by atoms with van der Waals surface area (Å²) in [5.74, 6) is 6.44. The first-order chi connectivity index (χ1) is 22.0. The SMILES string of the molecule is Cc1ccc(C(=O)Nc2ccc(CN3CCN(C)CC3)c(C(F)(F)F)c2)cc1C#Cc1cnc2c(Nc3ccn(C)n3)cccn12. The number of rotatable bonds is 6. The van der Waals surface area contributed by atoms with E-state index in [0.29, 0.717) is 35.8 Å². The van der Waals surface area contributed by atoms with E-state index < -0.39 is 17.6 Å². The molecule has 3 aromatic heterocycles. The van der Waals surface area contributed by atoms with Crippen LogP contribution in [-0.2, 0) is 19.8 Å². The summed E-state index contributed by atoms with van der Waals surface area (Å²) in [5.41, 5.74) is 3.36. The summed E-state index contributed by atoms with van der Waals surface area (Å²) < 4.78 is 45.7. The monoisotopic (exact) mass is 626 g/mol. The van der Waals surface area contributed by atoms with E-state index in [4.69, 9.17) is 0 Å². The number of amides is 1. The first-order valence-corrected chi connectivity index (χ1v) is 14.8. The Kier molecular flexibility index (Phi) is 8.53. The van der Waals surface area contributed by atoms with E-state index in [-0.39, 0.29) is 23.4 Å². The molecule has 236 valence electrons. The first kappa shape index (κ1) is 30.9. The molecule has 5 aromatic rings. The van der Waals surface area contributed by atoms with Crippen LogP contribution in [0.25, 0.3) is 5.65 Å². The third kappa shape index (κ3) is 6.91. The number of carbonyl (C=O) groups excluding carboxylic acids is 1. The lowest BCUT2D eigenvalue weighted by Gasteiger charge is -2.33. The average Bonchev–Trinajstić information content (AvgIpc) is 3.64. The van der Waals surface area contributed by atoms with Crippen molar-refractivity contribution in [1.82, 2.24) is 29.0 Å². The Morgan fingerprint density at radius 3 is 2.52 bits per heavy atom. The van der Waals surface area contributed by atoms with Crippen LogP contribution in [0.3, 0.4) is 0 Å². The number of imidazole rings is 1. The maximum absolute atomic E-state index is 14.1. The third-order valence-electron chi connectivity index (χ3n) is 8.00. The highest BCUT2D eigenvalue weighted by molar-refractivity contribution is 6.04. The smallest absolute Gasteiger partial charge is 0.336 e. The zero-order chi connectivity index (χ0) is 32.4. The molecule has 0 aliphatic carbocycles. The molecule has 1 fully saturated rings. The van der Waals surface area contributed by atoms with Crippen molar-refractivity contribution >= 4 is 28.7 Å². The van der Waals surface area contributed by atoms with Crippen LogP contribution in [0.1, 0.15) is 38.3 Å². The van der Waals surface area contributed by atoms with Gasteiger partial charge in [-0.05, 0) is 67.4 Å². The topological polar surface area (TPSA) is 82.7 Å². The second-order valence-corrected chi connectivity index (χ2v) is 11.4. The Morgan fingerprint density at radius 1 is 0.978 bits per heavy atom. The summed E-state index contributed by atoms with van der Waals surface area (Å²) in [6.45, 7) is 5.10. The van der Waals surface area contributed by atoms with Gasteiger partial charge in [-0.2, -0.15) is 18.3 Å². The molecular formula is C34H33F3N8O. The predicted molar refractivity (Wildman–Crippen MR) is 171 cm³/mol. The minimum absolute atomic E-state index is 0.0773. The van der Waals surface area contributed by atoms with Crippen molar-refractivity contribution in [2.75, 3.05) is 43.9 Å². The molecule has 1 aliphatic heterocycles. The van der Waals surface area contributed by atoms with Crippen LogP contribution in [0.5, 0.6) is 0 Å². The molecule has 1 saturated heterocycles. The summed E-state index contributed by atoms with van der Waals surface area (Å²) in [7, 11) is 3.84. The van der Waals surface area contributed by atoms with Gasteiger partial charge in [0.25, 0.3) is 5.91 Å². The van der Waals surface area contributed by atoms with Gasteiger partial charge >= 0.3 is 6.18 Å². The van der Waals surface area contributed by atoms with E-state index in [1.165, 1.54) is 12.1 Å². The fourth-order valence-corrected chi connectivity index (χ4v) is 5.36. The predicted octanol–water partition coefficient (Wildman–Crippen LogP) is 5.54. The number of carbonyl (C=O) groups is 1. The highest BCUT2D eigenvalue weighted by atomic mass is 19.4. The lowest BCUT2D eigenvalue weighted by Crippen LogP contribution is -2.44. The van der Waals surface area contributed by atoms with Gasteiger partial charge in [-0.1, -0.05) is 18.1 Å². The number of halogens is 3. The molecule has 0 bridgehead atoms. The van der Waals surface area contributed by atoms with Crippen LogP contribution >= 0.6 is 0 Å². The molecule has 0 unspecified atom stereocenters. The molecule has 0 radical (unpaired) electrons. The van der Waals surface area contributed by atoms with Gasteiger partial charge in [0.15, 0.2) is 11.5 Å². The van der Waals surface area contributed by atoms with Gasteiger partial charge < -0.3 is 15.5 Å². The van der Waals surface area contributed by atoms with Crippen molar-refractivity contribution in [3.8, 4) is 11.8 Å². The standard InChI is InChI=1S/C34H33F3N8O/c1-23-6-7-25(33(46)39-27-10-8-26(29(20-27)34(35,36)37)22-44-17-15-42(2)16-18-44)19-24(23)9-11-28-21-38-32-30(5-4-13-45(28)32)40-31-12-14-43(3)41-31/h4-8,10,12-14,19-21H,15-18,22H2,1-3H3,(H,39,46)(H,40,41). The number of anilines is 3. The van der Waals surface area contributed by atoms with E-state index in [2.05, 4.69) is 37.5 Å². The summed E-state index contributed by atoms with van der Waals surface area (Å²) in [6.07, 6.45) is 0.817. The number of aryl methyl sites for hydroxylation is 2. The number of benzene rings is 2.